The Balaban J connectivity index is 1.60. The molecule has 0 fully saturated rings. The van der Waals surface area contributed by atoms with Crippen molar-refractivity contribution in [2.24, 2.45) is 0 Å². The van der Waals surface area contributed by atoms with Crippen LogP contribution in [-0.4, -0.2) is 34.2 Å². The van der Waals surface area contributed by atoms with Crippen LogP contribution in [0.5, 0.6) is 5.75 Å². The van der Waals surface area contributed by atoms with E-state index in [9.17, 15) is 14.9 Å². The average molecular weight is 369 g/mol. The first-order valence-electron chi connectivity index (χ1n) is 8.42. The molecule has 0 radical (unpaired) electrons. The Kier molecular flexibility index (Phi) is 5.35. The number of nitrogens with zero attached hydrogens (tertiary/aromatic N) is 3. The van der Waals surface area contributed by atoms with E-state index in [4.69, 9.17) is 9.47 Å². The number of ether oxygens (including phenoxy) is 2. The molecule has 27 heavy (non-hydrogen) atoms. The SMILES string of the molecule is COc1ccc(C(=O)OCCCn2c(C)nc3ccccc32)cc1[N+](=O)[O-]. The van der Waals surface area contributed by atoms with Crippen molar-refractivity contribution in [3.05, 3.63) is 64.0 Å². The van der Waals surface area contributed by atoms with E-state index in [-0.39, 0.29) is 23.6 Å². The van der Waals surface area contributed by atoms with Crippen molar-refractivity contribution >= 4 is 22.7 Å². The minimum absolute atomic E-state index is 0.0963. The lowest BCUT2D eigenvalue weighted by Crippen LogP contribution is -2.10. The number of carbonyl (C=O) groups excluding carboxylic acids is 1. The number of aryl methyl sites for hydroxylation is 2. The number of para-hydroxylation sites is 2. The lowest BCUT2D eigenvalue weighted by Gasteiger charge is -2.08. The molecule has 8 heteroatoms. The number of rotatable bonds is 7. The lowest BCUT2D eigenvalue weighted by molar-refractivity contribution is -0.385. The van der Waals surface area contributed by atoms with Crippen LogP contribution >= 0.6 is 0 Å². The Bertz CT molecular complexity index is 996. The summed E-state index contributed by atoms with van der Waals surface area (Å²) in [5, 5.41) is 11.1. The zero-order chi connectivity index (χ0) is 19.4. The molecule has 0 saturated carbocycles. The second-order valence-electron chi connectivity index (χ2n) is 5.93. The molecule has 0 atom stereocenters. The van der Waals surface area contributed by atoms with Crippen LogP contribution in [0.3, 0.4) is 0 Å². The van der Waals surface area contributed by atoms with Gasteiger partial charge in [0.25, 0.3) is 0 Å². The van der Waals surface area contributed by atoms with Gasteiger partial charge in [-0.15, -0.1) is 0 Å². The third-order valence-electron chi connectivity index (χ3n) is 4.22. The number of benzene rings is 2. The Morgan fingerprint density at radius 1 is 1.26 bits per heavy atom. The van der Waals surface area contributed by atoms with E-state index < -0.39 is 10.9 Å². The van der Waals surface area contributed by atoms with E-state index in [1.165, 1.54) is 19.2 Å². The number of esters is 1. The highest BCUT2D eigenvalue weighted by atomic mass is 16.6. The molecule has 0 amide bonds. The molecule has 0 aliphatic carbocycles. The molecule has 0 saturated heterocycles. The largest absolute Gasteiger partial charge is 0.490 e. The van der Waals surface area contributed by atoms with Crippen molar-refractivity contribution in [3.8, 4) is 5.75 Å². The van der Waals surface area contributed by atoms with Gasteiger partial charge in [0.15, 0.2) is 5.75 Å². The number of carbonyl (C=O) groups is 1. The van der Waals surface area contributed by atoms with Gasteiger partial charge in [-0.2, -0.15) is 0 Å². The van der Waals surface area contributed by atoms with Gasteiger partial charge in [0.1, 0.15) is 5.82 Å². The van der Waals surface area contributed by atoms with E-state index in [2.05, 4.69) is 9.55 Å². The molecule has 0 unspecified atom stereocenters. The van der Waals surface area contributed by atoms with E-state index in [0.717, 1.165) is 22.9 Å². The van der Waals surface area contributed by atoms with Gasteiger partial charge >= 0.3 is 11.7 Å². The smallest absolute Gasteiger partial charge is 0.338 e. The van der Waals surface area contributed by atoms with Gasteiger partial charge in [0, 0.05) is 12.6 Å². The van der Waals surface area contributed by atoms with Crippen LogP contribution in [0.25, 0.3) is 11.0 Å². The van der Waals surface area contributed by atoms with Gasteiger partial charge < -0.3 is 14.0 Å². The van der Waals surface area contributed by atoms with Crippen molar-refractivity contribution < 1.29 is 19.2 Å². The third kappa shape index (κ3) is 3.89. The Morgan fingerprint density at radius 3 is 2.78 bits per heavy atom. The zero-order valence-electron chi connectivity index (χ0n) is 15.0. The molecule has 2 aromatic carbocycles. The summed E-state index contributed by atoms with van der Waals surface area (Å²) >= 11 is 0. The molecule has 0 spiro atoms. The fourth-order valence-electron chi connectivity index (χ4n) is 2.91. The number of hydrogen-bond donors (Lipinski definition) is 0. The summed E-state index contributed by atoms with van der Waals surface area (Å²) in [5.74, 6) is 0.389. The Labute approximate surface area is 155 Å². The maximum atomic E-state index is 12.2. The maximum absolute atomic E-state index is 12.2. The summed E-state index contributed by atoms with van der Waals surface area (Å²) in [5.41, 5.74) is 1.81. The topological polar surface area (TPSA) is 96.5 Å². The number of fused-ring (bicyclic) bond motifs is 1. The first-order chi connectivity index (χ1) is 13.0. The highest BCUT2D eigenvalue weighted by Gasteiger charge is 2.19. The summed E-state index contributed by atoms with van der Waals surface area (Å²) in [6.45, 7) is 2.79. The minimum Gasteiger partial charge on any atom is -0.490 e. The molecule has 8 nitrogen and oxygen atoms in total. The second kappa shape index (κ2) is 7.86. The molecule has 140 valence electrons. The lowest BCUT2D eigenvalue weighted by atomic mass is 10.2. The summed E-state index contributed by atoms with van der Waals surface area (Å²) < 4.78 is 12.2. The molecule has 0 aliphatic heterocycles. The highest BCUT2D eigenvalue weighted by molar-refractivity contribution is 5.90. The number of hydrogen-bond acceptors (Lipinski definition) is 6. The van der Waals surface area contributed by atoms with E-state index in [1.807, 2.05) is 31.2 Å². The normalized spacial score (nSPS) is 10.7. The van der Waals surface area contributed by atoms with Crippen LogP contribution in [0.1, 0.15) is 22.6 Å². The van der Waals surface area contributed by atoms with Gasteiger partial charge in [0.2, 0.25) is 0 Å². The van der Waals surface area contributed by atoms with Crippen LogP contribution in [-0.2, 0) is 11.3 Å². The zero-order valence-corrected chi connectivity index (χ0v) is 15.0. The van der Waals surface area contributed by atoms with Crippen molar-refractivity contribution in [1.29, 1.82) is 0 Å². The predicted octanol–water partition coefficient (Wildman–Crippen LogP) is 3.51. The quantitative estimate of drug-likeness (QED) is 0.274. The Hall–Kier alpha value is -3.42. The van der Waals surface area contributed by atoms with Gasteiger partial charge in [-0.1, -0.05) is 12.1 Å². The second-order valence-corrected chi connectivity index (χ2v) is 5.93. The number of aromatic nitrogens is 2. The molecule has 1 aromatic heterocycles. The summed E-state index contributed by atoms with van der Waals surface area (Å²) in [7, 11) is 1.34. The van der Waals surface area contributed by atoms with Crippen molar-refractivity contribution in [1.82, 2.24) is 9.55 Å². The minimum atomic E-state index is -0.604. The number of nitro groups is 1. The highest BCUT2D eigenvalue weighted by Crippen LogP contribution is 2.27. The molecule has 1 heterocycles. The summed E-state index contributed by atoms with van der Waals surface area (Å²) in [6, 6.07) is 11.8. The molecule has 0 aliphatic rings. The number of nitro benzene ring substituents is 1. The van der Waals surface area contributed by atoms with Crippen molar-refractivity contribution in [2.75, 3.05) is 13.7 Å². The average Bonchev–Trinajstić information content (AvgIpc) is 2.99. The van der Waals surface area contributed by atoms with Crippen molar-refractivity contribution in [3.63, 3.8) is 0 Å². The number of imidazole rings is 1. The molecular formula is C19H19N3O5. The molecule has 3 rings (SSSR count). The first-order valence-corrected chi connectivity index (χ1v) is 8.42. The summed E-state index contributed by atoms with van der Waals surface area (Å²) in [4.78, 5) is 27.1. The van der Waals surface area contributed by atoms with E-state index in [0.29, 0.717) is 13.0 Å². The van der Waals surface area contributed by atoms with E-state index >= 15 is 0 Å². The molecule has 0 bridgehead atoms. The molecule has 0 N–H and O–H groups in total. The Morgan fingerprint density at radius 2 is 2.04 bits per heavy atom. The molecule has 3 aromatic rings. The fraction of sp³-hybridized carbons (Fsp3) is 0.263. The van der Waals surface area contributed by atoms with Gasteiger partial charge in [-0.05, 0) is 37.6 Å². The van der Waals surface area contributed by atoms with Gasteiger partial charge in [-0.25, -0.2) is 9.78 Å². The standard InChI is InChI=1S/C19H19N3O5/c1-13-20-15-6-3-4-7-16(15)21(13)10-5-11-27-19(23)14-8-9-18(26-2)17(12-14)22(24)25/h3-4,6-9,12H,5,10-11H2,1-2H3. The van der Waals surface area contributed by atoms with Crippen LogP contribution in [0.4, 0.5) is 5.69 Å². The first kappa shape index (κ1) is 18.4. The third-order valence-corrected chi connectivity index (χ3v) is 4.22. The van der Waals surface area contributed by atoms with Crippen molar-refractivity contribution in [2.45, 2.75) is 19.9 Å². The van der Waals surface area contributed by atoms with Gasteiger partial charge in [0.05, 0.1) is 35.2 Å². The van der Waals surface area contributed by atoms with E-state index in [1.54, 1.807) is 0 Å². The summed E-state index contributed by atoms with van der Waals surface area (Å²) in [6.07, 6.45) is 0.602. The number of methoxy groups -OCH3 is 1. The monoisotopic (exact) mass is 369 g/mol. The van der Waals surface area contributed by atoms with Crippen LogP contribution < -0.4 is 4.74 Å². The fourth-order valence-corrected chi connectivity index (χ4v) is 2.91. The molecular weight excluding hydrogens is 350 g/mol. The predicted molar refractivity (Wildman–Crippen MR) is 99.0 cm³/mol. The van der Waals surface area contributed by atoms with Crippen LogP contribution in [0.15, 0.2) is 42.5 Å². The van der Waals surface area contributed by atoms with Gasteiger partial charge in [-0.3, -0.25) is 10.1 Å². The van der Waals surface area contributed by atoms with Crippen LogP contribution in [0.2, 0.25) is 0 Å². The van der Waals surface area contributed by atoms with Crippen LogP contribution in [0, 0.1) is 17.0 Å². The maximum Gasteiger partial charge on any atom is 0.338 e.